The van der Waals surface area contributed by atoms with Crippen LogP contribution in [0.4, 0.5) is 0 Å². The highest BCUT2D eigenvalue weighted by Gasteiger charge is 2.24. The van der Waals surface area contributed by atoms with E-state index in [4.69, 9.17) is 10.5 Å². The maximum atomic E-state index is 5.74. The summed E-state index contributed by atoms with van der Waals surface area (Å²) in [6.07, 6.45) is 0. The number of tetrazole rings is 1. The van der Waals surface area contributed by atoms with Gasteiger partial charge in [-0.3, -0.25) is 0 Å². The molecule has 6 nitrogen and oxygen atoms in total. The average Bonchev–Trinajstić information content (AvgIpc) is 2.92. The van der Waals surface area contributed by atoms with Crippen LogP contribution in [0.1, 0.15) is 12.5 Å². The van der Waals surface area contributed by atoms with Crippen molar-refractivity contribution in [3.63, 3.8) is 0 Å². The molecule has 1 aromatic carbocycles. The number of aromatic amines is 1. The van der Waals surface area contributed by atoms with Crippen LogP contribution in [0.2, 0.25) is 0 Å². The number of ether oxygens (including phenoxy) is 1. The van der Waals surface area contributed by atoms with E-state index >= 15 is 0 Å². The second-order valence-electron chi connectivity index (χ2n) is 3.96. The fourth-order valence-electron chi connectivity index (χ4n) is 1.59. The molecule has 1 unspecified atom stereocenters. The van der Waals surface area contributed by atoms with Gasteiger partial charge in [0.05, 0.1) is 0 Å². The number of aromatic nitrogens is 4. The Morgan fingerprint density at radius 3 is 2.88 bits per heavy atom. The first-order chi connectivity index (χ1) is 8.19. The van der Waals surface area contributed by atoms with Crippen molar-refractivity contribution in [1.29, 1.82) is 0 Å². The molecule has 1 atom stereocenters. The Morgan fingerprint density at radius 2 is 2.29 bits per heavy atom. The Balaban J connectivity index is 2.41. The number of nitrogens with zero attached hydrogens (tertiary/aromatic N) is 3. The molecular formula is C11H15N5O. The Morgan fingerprint density at radius 1 is 1.47 bits per heavy atom. The molecule has 2 aromatic rings. The summed E-state index contributed by atoms with van der Waals surface area (Å²) in [6, 6.07) is 7.77. The number of hydrogen-bond acceptors (Lipinski definition) is 5. The first kappa shape index (κ1) is 11.7. The molecule has 17 heavy (non-hydrogen) atoms. The quantitative estimate of drug-likeness (QED) is 0.810. The van der Waals surface area contributed by atoms with Crippen LogP contribution in [0.25, 0.3) is 11.4 Å². The minimum absolute atomic E-state index is 0.402. The van der Waals surface area contributed by atoms with Gasteiger partial charge in [-0.1, -0.05) is 18.2 Å². The van der Waals surface area contributed by atoms with Crippen molar-refractivity contribution >= 4 is 0 Å². The van der Waals surface area contributed by atoms with E-state index in [0.717, 1.165) is 11.1 Å². The van der Waals surface area contributed by atoms with Gasteiger partial charge in [0, 0.05) is 19.2 Å². The lowest BCUT2D eigenvalue weighted by atomic mass is 9.94. The average molecular weight is 233 g/mol. The SMILES string of the molecule is COC(C)(CN)c1cccc(-c2nn[nH]n2)c1. The van der Waals surface area contributed by atoms with E-state index in [1.807, 2.05) is 31.2 Å². The van der Waals surface area contributed by atoms with Gasteiger partial charge < -0.3 is 10.5 Å². The maximum absolute atomic E-state index is 5.74. The standard InChI is InChI=1S/C11H15N5O/c1-11(7-12,17-2)9-5-3-4-8(6-9)10-13-15-16-14-10/h3-6H,7,12H2,1-2H3,(H,13,14,15,16). The number of hydrogen-bond donors (Lipinski definition) is 2. The molecule has 0 aliphatic heterocycles. The van der Waals surface area contributed by atoms with Crippen molar-refractivity contribution in [2.45, 2.75) is 12.5 Å². The molecule has 0 fully saturated rings. The molecule has 1 heterocycles. The van der Waals surface area contributed by atoms with Crippen LogP contribution in [-0.2, 0) is 10.3 Å². The smallest absolute Gasteiger partial charge is 0.204 e. The molecule has 0 radical (unpaired) electrons. The molecule has 0 bridgehead atoms. The molecule has 6 heteroatoms. The number of nitrogens with two attached hydrogens (primary N) is 1. The topological polar surface area (TPSA) is 89.7 Å². The van der Waals surface area contributed by atoms with Gasteiger partial charge in [-0.15, -0.1) is 10.2 Å². The first-order valence-corrected chi connectivity index (χ1v) is 5.29. The highest BCUT2D eigenvalue weighted by molar-refractivity contribution is 5.55. The molecule has 2 rings (SSSR count). The number of methoxy groups -OCH3 is 1. The third-order valence-electron chi connectivity index (χ3n) is 2.92. The van der Waals surface area contributed by atoms with Gasteiger partial charge in [0.1, 0.15) is 5.60 Å². The normalized spacial score (nSPS) is 14.5. The van der Waals surface area contributed by atoms with Crippen molar-refractivity contribution < 1.29 is 4.74 Å². The molecule has 0 spiro atoms. The summed E-state index contributed by atoms with van der Waals surface area (Å²) in [6.45, 7) is 2.35. The summed E-state index contributed by atoms with van der Waals surface area (Å²) in [4.78, 5) is 0. The number of benzene rings is 1. The van der Waals surface area contributed by atoms with E-state index in [-0.39, 0.29) is 0 Å². The van der Waals surface area contributed by atoms with E-state index in [0.29, 0.717) is 12.4 Å². The second kappa shape index (κ2) is 4.60. The molecule has 1 aromatic heterocycles. The van der Waals surface area contributed by atoms with E-state index in [1.54, 1.807) is 7.11 Å². The zero-order valence-corrected chi connectivity index (χ0v) is 9.84. The fourth-order valence-corrected chi connectivity index (χ4v) is 1.59. The van der Waals surface area contributed by atoms with Gasteiger partial charge in [-0.05, 0) is 23.8 Å². The van der Waals surface area contributed by atoms with Crippen LogP contribution >= 0.6 is 0 Å². The third-order valence-corrected chi connectivity index (χ3v) is 2.92. The number of H-pyrrole nitrogens is 1. The Labute approximate surface area is 99.2 Å². The molecule has 0 aliphatic rings. The molecule has 3 N–H and O–H groups in total. The zero-order valence-electron chi connectivity index (χ0n) is 9.84. The predicted molar refractivity (Wildman–Crippen MR) is 63.0 cm³/mol. The molecule has 0 amide bonds. The summed E-state index contributed by atoms with van der Waals surface area (Å²) in [5, 5.41) is 13.9. The maximum Gasteiger partial charge on any atom is 0.204 e. The lowest BCUT2D eigenvalue weighted by molar-refractivity contribution is 0.0101. The van der Waals surface area contributed by atoms with E-state index < -0.39 is 5.60 Å². The highest BCUT2D eigenvalue weighted by Crippen LogP contribution is 2.26. The predicted octanol–water partition coefficient (Wildman–Crippen LogP) is 0.687. The Kier molecular flexibility index (Phi) is 3.16. The lowest BCUT2D eigenvalue weighted by Gasteiger charge is -2.27. The van der Waals surface area contributed by atoms with E-state index in [9.17, 15) is 0 Å². The first-order valence-electron chi connectivity index (χ1n) is 5.29. The molecular weight excluding hydrogens is 218 g/mol. The summed E-state index contributed by atoms with van der Waals surface area (Å²) >= 11 is 0. The van der Waals surface area contributed by atoms with Crippen molar-refractivity contribution in [2.24, 2.45) is 5.73 Å². The minimum Gasteiger partial charge on any atom is -0.372 e. The molecule has 0 aliphatic carbocycles. The minimum atomic E-state index is -0.500. The highest BCUT2D eigenvalue weighted by atomic mass is 16.5. The van der Waals surface area contributed by atoms with Crippen LogP contribution in [0.3, 0.4) is 0 Å². The van der Waals surface area contributed by atoms with E-state index in [2.05, 4.69) is 20.6 Å². The summed E-state index contributed by atoms with van der Waals surface area (Å²) < 4.78 is 5.46. The Hall–Kier alpha value is -1.79. The van der Waals surface area contributed by atoms with Gasteiger partial charge in [0.2, 0.25) is 5.82 Å². The van der Waals surface area contributed by atoms with Crippen LogP contribution in [-0.4, -0.2) is 34.3 Å². The molecule has 90 valence electrons. The van der Waals surface area contributed by atoms with Crippen LogP contribution in [0.5, 0.6) is 0 Å². The van der Waals surface area contributed by atoms with Crippen molar-refractivity contribution in [3.8, 4) is 11.4 Å². The number of nitrogens with one attached hydrogen (secondary N) is 1. The van der Waals surface area contributed by atoms with Crippen molar-refractivity contribution in [2.75, 3.05) is 13.7 Å². The summed E-state index contributed by atoms with van der Waals surface area (Å²) in [5.74, 6) is 0.558. The lowest BCUT2D eigenvalue weighted by Crippen LogP contribution is -2.33. The van der Waals surface area contributed by atoms with Gasteiger partial charge >= 0.3 is 0 Å². The van der Waals surface area contributed by atoms with Gasteiger partial charge in [-0.25, -0.2) is 0 Å². The molecule has 0 saturated carbocycles. The van der Waals surface area contributed by atoms with Gasteiger partial charge in [-0.2, -0.15) is 5.21 Å². The van der Waals surface area contributed by atoms with Gasteiger partial charge in [0.25, 0.3) is 0 Å². The van der Waals surface area contributed by atoms with E-state index in [1.165, 1.54) is 0 Å². The molecule has 0 saturated heterocycles. The monoisotopic (exact) mass is 233 g/mol. The fraction of sp³-hybridized carbons (Fsp3) is 0.364. The van der Waals surface area contributed by atoms with Crippen LogP contribution in [0, 0.1) is 0 Å². The van der Waals surface area contributed by atoms with Crippen LogP contribution < -0.4 is 5.73 Å². The largest absolute Gasteiger partial charge is 0.372 e. The van der Waals surface area contributed by atoms with Crippen molar-refractivity contribution in [1.82, 2.24) is 20.6 Å². The number of rotatable bonds is 4. The van der Waals surface area contributed by atoms with Crippen molar-refractivity contribution in [3.05, 3.63) is 29.8 Å². The third kappa shape index (κ3) is 2.17. The Bertz CT molecular complexity index is 478. The second-order valence-corrected chi connectivity index (χ2v) is 3.96. The van der Waals surface area contributed by atoms with Crippen LogP contribution in [0.15, 0.2) is 24.3 Å². The summed E-state index contributed by atoms with van der Waals surface area (Å²) in [7, 11) is 1.65. The zero-order chi connectivity index (χ0) is 12.3. The van der Waals surface area contributed by atoms with Gasteiger partial charge in [0.15, 0.2) is 0 Å². The summed E-state index contributed by atoms with van der Waals surface area (Å²) in [5.41, 5.74) is 7.12.